The van der Waals surface area contributed by atoms with Crippen LogP contribution in [0.25, 0.3) is 0 Å². The molecule has 2 fully saturated rings. The number of nitrogens with zero attached hydrogens (tertiary/aromatic N) is 1. The van der Waals surface area contributed by atoms with Crippen LogP contribution in [-0.4, -0.2) is 44.2 Å². The van der Waals surface area contributed by atoms with Crippen LogP contribution < -0.4 is 10.6 Å². The summed E-state index contributed by atoms with van der Waals surface area (Å²) in [7, 11) is -3.60. The molecule has 3 rings (SSSR count). The lowest BCUT2D eigenvalue weighted by molar-refractivity contribution is -0.127. The number of rotatable bonds is 6. The summed E-state index contributed by atoms with van der Waals surface area (Å²) < 4.78 is 27.8. The molecular formula is C21H31N3O4S. The van der Waals surface area contributed by atoms with Gasteiger partial charge in [0.25, 0.3) is 0 Å². The van der Waals surface area contributed by atoms with E-state index in [2.05, 4.69) is 10.6 Å². The first kappa shape index (κ1) is 21.8. The van der Waals surface area contributed by atoms with Crippen LogP contribution in [0.4, 0.5) is 5.69 Å². The van der Waals surface area contributed by atoms with Gasteiger partial charge in [-0.2, -0.15) is 4.31 Å². The Hall–Kier alpha value is -1.93. The standard InChI is InChI=1S/C21H31N3O4S/c1-16-10-11-18(23-20(25)15-22-21(26)17-8-4-5-9-17)14-19(16)29(27,28)24-12-6-2-3-7-13-24/h10-11,14,17H,2-9,12-13,15H2,1H3,(H,22,26)(H,23,25). The van der Waals surface area contributed by atoms with Crippen LogP contribution in [0.15, 0.2) is 23.1 Å². The molecule has 29 heavy (non-hydrogen) atoms. The third kappa shape index (κ3) is 5.57. The fraction of sp³-hybridized carbons (Fsp3) is 0.619. The summed E-state index contributed by atoms with van der Waals surface area (Å²) in [5.41, 5.74) is 1.07. The molecule has 2 aliphatic rings. The molecule has 2 N–H and O–H groups in total. The Kier molecular flexibility index (Phi) is 7.29. The van der Waals surface area contributed by atoms with Crippen molar-refractivity contribution in [2.45, 2.75) is 63.2 Å². The largest absolute Gasteiger partial charge is 0.347 e. The van der Waals surface area contributed by atoms with E-state index in [4.69, 9.17) is 0 Å². The molecule has 8 heteroatoms. The van der Waals surface area contributed by atoms with Gasteiger partial charge in [0.2, 0.25) is 21.8 Å². The number of carbonyl (C=O) groups is 2. The highest BCUT2D eigenvalue weighted by Gasteiger charge is 2.27. The zero-order valence-electron chi connectivity index (χ0n) is 17.1. The van der Waals surface area contributed by atoms with E-state index in [0.717, 1.165) is 51.4 Å². The number of hydrogen-bond donors (Lipinski definition) is 2. The topological polar surface area (TPSA) is 95.6 Å². The highest BCUT2D eigenvalue weighted by Crippen LogP contribution is 2.26. The molecule has 0 spiro atoms. The number of amides is 2. The van der Waals surface area contributed by atoms with Gasteiger partial charge < -0.3 is 10.6 Å². The Bertz CT molecular complexity index is 839. The van der Waals surface area contributed by atoms with E-state index < -0.39 is 10.0 Å². The maximum Gasteiger partial charge on any atom is 0.243 e. The number of nitrogens with one attached hydrogen (secondary N) is 2. The molecule has 0 atom stereocenters. The zero-order chi connectivity index (χ0) is 20.9. The Morgan fingerprint density at radius 3 is 2.34 bits per heavy atom. The molecule has 1 aromatic carbocycles. The van der Waals surface area contributed by atoms with Crippen molar-refractivity contribution in [2.24, 2.45) is 5.92 Å². The van der Waals surface area contributed by atoms with Crippen LogP contribution in [-0.2, 0) is 19.6 Å². The van der Waals surface area contributed by atoms with Crippen molar-refractivity contribution in [1.82, 2.24) is 9.62 Å². The van der Waals surface area contributed by atoms with Gasteiger partial charge in [-0.25, -0.2) is 8.42 Å². The Morgan fingerprint density at radius 2 is 1.69 bits per heavy atom. The fourth-order valence-electron chi connectivity index (χ4n) is 4.08. The van der Waals surface area contributed by atoms with Gasteiger partial charge in [-0.3, -0.25) is 9.59 Å². The molecule has 1 saturated heterocycles. The Balaban J connectivity index is 1.65. The maximum atomic E-state index is 13.1. The first-order valence-corrected chi connectivity index (χ1v) is 12.0. The van der Waals surface area contributed by atoms with Gasteiger partial charge in [-0.1, -0.05) is 31.7 Å². The van der Waals surface area contributed by atoms with E-state index in [0.29, 0.717) is 24.3 Å². The van der Waals surface area contributed by atoms with Gasteiger partial charge in [0.1, 0.15) is 0 Å². The van der Waals surface area contributed by atoms with Gasteiger partial charge in [-0.05, 0) is 50.3 Å². The van der Waals surface area contributed by atoms with Gasteiger partial charge in [-0.15, -0.1) is 0 Å². The van der Waals surface area contributed by atoms with E-state index in [9.17, 15) is 18.0 Å². The molecule has 7 nitrogen and oxygen atoms in total. The number of sulfonamides is 1. The molecule has 1 aromatic rings. The monoisotopic (exact) mass is 421 g/mol. The van der Waals surface area contributed by atoms with Crippen molar-refractivity contribution in [3.63, 3.8) is 0 Å². The zero-order valence-corrected chi connectivity index (χ0v) is 17.9. The van der Waals surface area contributed by atoms with E-state index >= 15 is 0 Å². The molecular weight excluding hydrogens is 390 g/mol. The van der Waals surface area contributed by atoms with Crippen LogP contribution in [0.3, 0.4) is 0 Å². The predicted molar refractivity (Wildman–Crippen MR) is 112 cm³/mol. The summed E-state index contributed by atoms with van der Waals surface area (Å²) in [4.78, 5) is 24.5. The molecule has 1 aliphatic carbocycles. The Morgan fingerprint density at radius 1 is 1.03 bits per heavy atom. The quantitative estimate of drug-likeness (QED) is 0.738. The molecule has 160 valence electrons. The van der Waals surface area contributed by atoms with Crippen LogP contribution in [0.1, 0.15) is 56.9 Å². The first-order valence-electron chi connectivity index (χ1n) is 10.6. The summed E-state index contributed by atoms with van der Waals surface area (Å²) >= 11 is 0. The van der Waals surface area contributed by atoms with Crippen molar-refractivity contribution >= 4 is 27.5 Å². The van der Waals surface area contributed by atoms with Crippen LogP contribution >= 0.6 is 0 Å². The van der Waals surface area contributed by atoms with E-state index in [-0.39, 0.29) is 29.2 Å². The summed E-state index contributed by atoms with van der Waals surface area (Å²) in [5.74, 6) is -0.433. The van der Waals surface area contributed by atoms with Crippen molar-refractivity contribution in [2.75, 3.05) is 25.0 Å². The first-order chi connectivity index (χ1) is 13.9. The molecule has 0 bridgehead atoms. The third-order valence-electron chi connectivity index (χ3n) is 5.80. The normalized spacial score (nSPS) is 18.9. The molecule has 0 unspecified atom stereocenters. The highest BCUT2D eigenvalue weighted by atomic mass is 32.2. The van der Waals surface area contributed by atoms with E-state index in [1.165, 1.54) is 6.07 Å². The molecule has 0 radical (unpaired) electrons. The van der Waals surface area contributed by atoms with Gasteiger partial charge >= 0.3 is 0 Å². The van der Waals surface area contributed by atoms with Crippen molar-refractivity contribution in [3.05, 3.63) is 23.8 Å². The molecule has 2 amide bonds. The Labute approximate surface area is 173 Å². The maximum absolute atomic E-state index is 13.1. The number of aryl methyl sites for hydroxylation is 1. The molecule has 0 aromatic heterocycles. The summed E-state index contributed by atoms with van der Waals surface area (Å²) in [5, 5.41) is 5.39. The van der Waals surface area contributed by atoms with Crippen molar-refractivity contribution in [3.8, 4) is 0 Å². The second-order valence-electron chi connectivity index (χ2n) is 8.05. The molecule has 1 saturated carbocycles. The smallest absolute Gasteiger partial charge is 0.243 e. The molecule has 1 heterocycles. The van der Waals surface area contributed by atoms with Crippen molar-refractivity contribution in [1.29, 1.82) is 0 Å². The van der Waals surface area contributed by atoms with Gasteiger partial charge in [0.05, 0.1) is 11.4 Å². The van der Waals surface area contributed by atoms with Crippen LogP contribution in [0, 0.1) is 12.8 Å². The van der Waals surface area contributed by atoms with E-state index in [1.807, 2.05) is 0 Å². The van der Waals surface area contributed by atoms with Gasteiger partial charge in [0, 0.05) is 24.7 Å². The number of benzene rings is 1. The van der Waals surface area contributed by atoms with Crippen LogP contribution in [0.2, 0.25) is 0 Å². The lowest BCUT2D eigenvalue weighted by Gasteiger charge is -2.21. The predicted octanol–water partition coefficient (Wildman–Crippen LogP) is 2.80. The highest BCUT2D eigenvalue weighted by molar-refractivity contribution is 7.89. The molecule has 1 aliphatic heterocycles. The van der Waals surface area contributed by atoms with E-state index in [1.54, 1.807) is 23.4 Å². The SMILES string of the molecule is Cc1ccc(NC(=O)CNC(=O)C2CCCC2)cc1S(=O)(=O)N1CCCCCC1. The summed E-state index contributed by atoms with van der Waals surface area (Å²) in [6.45, 7) is 2.71. The fourth-order valence-corrected chi connectivity index (χ4v) is 5.85. The second kappa shape index (κ2) is 9.71. The lowest BCUT2D eigenvalue weighted by atomic mass is 10.1. The lowest BCUT2D eigenvalue weighted by Crippen LogP contribution is -2.36. The number of anilines is 1. The second-order valence-corrected chi connectivity index (χ2v) is 9.95. The minimum atomic E-state index is -3.60. The average Bonchev–Trinajstić information content (AvgIpc) is 3.09. The summed E-state index contributed by atoms with van der Waals surface area (Å²) in [6, 6.07) is 4.91. The number of carbonyl (C=O) groups excluding carboxylic acids is 2. The summed E-state index contributed by atoms with van der Waals surface area (Å²) in [6.07, 6.45) is 7.71. The minimum Gasteiger partial charge on any atom is -0.347 e. The minimum absolute atomic E-state index is 0.00699. The number of hydrogen-bond acceptors (Lipinski definition) is 4. The third-order valence-corrected chi connectivity index (χ3v) is 7.84. The van der Waals surface area contributed by atoms with Crippen molar-refractivity contribution < 1.29 is 18.0 Å². The van der Waals surface area contributed by atoms with Gasteiger partial charge in [0.15, 0.2) is 0 Å². The van der Waals surface area contributed by atoms with Crippen LogP contribution in [0.5, 0.6) is 0 Å². The average molecular weight is 422 g/mol.